The van der Waals surface area contributed by atoms with Gasteiger partial charge in [-0.05, 0) is 6.42 Å². The molecule has 0 aromatic rings. The van der Waals surface area contributed by atoms with Crippen LogP contribution in [0.4, 0.5) is 0 Å². The summed E-state index contributed by atoms with van der Waals surface area (Å²) >= 11 is 0. The maximum absolute atomic E-state index is 8.44. The molecule has 2 unspecified atom stereocenters. The van der Waals surface area contributed by atoms with E-state index in [2.05, 4.69) is 0 Å². The van der Waals surface area contributed by atoms with Gasteiger partial charge in [0.25, 0.3) is 0 Å². The summed E-state index contributed by atoms with van der Waals surface area (Å²) < 4.78 is 10.3. The molecule has 1 fully saturated rings. The van der Waals surface area contributed by atoms with Crippen molar-refractivity contribution in [1.29, 1.82) is 0 Å². The Morgan fingerprint density at radius 3 is 3.00 bits per heavy atom. The Hall–Kier alpha value is 0.660. The van der Waals surface area contributed by atoms with Crippen molar-refractivity contribution in [2.45, 2.75) is 6.42 Å². The molecule has 0 radical (unpaired) electrons. The molecule has 1 aliphatic heterocycles. The topological polar surface area (TPSA) is 38.7 Å². The van der Waals surface area contributed by atoms with E-state index in [1.807, 2.05) is 6.26 Å². The Kier molecular flexibility index (Phi) is 2.73. The largest absolute Gasteiger partial charge is 0.351 e. The Balaban J connectivity index is 2.32. The van der Waals surface area contributed by atoms with Crippen molar-refractivity contribution in [3.8, 4) is 0 Å². The van der Waals surface area contributed by atoms with Crippen LogP contribution in [0.3, 0.4) is 0 Å². The predicted octanol–water partition coefficient (Wildman–Crippen LogP) is 1.19. The monoisotopic (exact) mass is 170 g/mol. The zero-order valence-electron chi connectivity index (χ0n) is 5.29. The van der Waals surface area contributed by atoms with Gasteiger partial charge in [0.2, 0.25) is 0 Å². The molecule has 1 aliphatic rings. The van der Waals surface area contributed by atoms with Crippen LogP contribution in [0.25, 0.3) is 0 Å². The maximum atomic E-state index is 8.44. The first-order valence-electron chi connectivity index (χ1n) is 2.75. The molecule has 9 heavy (non-hydrogen) atoms. The molecule has 1 N–H and O–H groups in total. The summed E-state index contributed by atoms with van der Waals surface area (Å²) in [6.07, 6.45) is 3.00. The second kappa shape index (κ2) is 3.17. The molecule has 2 atom stereocenters. The van der Waals surface area contributed by atoms with E-state index in [1.165, 1.54) is 0 Å². The van der Waals surface area contributed by atoms with Gasteiger partial charge in [-0.25, -0.2) is 3.97 Å². The Morgan fingerprint density at radius 2 is 2.56 bits per heavy atom. The second-order valence-corrected chi connectivity index (χ2v) is 5.32. The van der Waals surface area contributed by atoms with Crippen molar-refractivity contribution < 1.29 is 13.0 Å². The minimum atomic E-state index is -1.29. The molecule has 3 nitrogen and oxygen atoms in total. The smallest absolute Gasteiger partial charge is 0.178 e. The lowest BCUT2D eigenvalue weighted by molar-refractivity contribution is 0.359. The Bertz CT molecular complexity index is 93.8. The summed E-state index contributed by atoms with van der Waals surface area (Å²) in [5, 5.41) is 0. The fourth-order valence-electron chi connectivity index (χ4n) is 0.760. The average Bonchev–Trinajstić information content (AvgIpc) is 2.16. The predicted molar refractivity (Wildman–Crippen MR) is 40.6 cm³/mol. The molecule has 1 rings (SSSR count). The van der Waals surface area contributed by atoms with E-state index < -0.39 is 19.6 Å². The fraction of sp³-hybridized carbons (Fsp3) is 1.00. The van der Waals surface area contributed by atoms with Crippen LogP contribution in [0.5, 0.6) is 0 Å². The van der Waals surface area contributed by atoms with Gasteiger partial charge in [0.15, 0.2) is 9.03 Å². The van der Waals surface area contributed by atoms with E-state index in [0.29, 0.717) is 0 Å². The minimum absolute atomic E-state index is 0.425. The third-order valence-corrected chi connectivity index (χ3v) is 4.61. The summed E-state index contributed by atoms with van der Waals surface area (Å²) in [4.78, 5) is 8.44. The SMILES string of the molecule is CS1(OPO)CCCO1. The van der Waals surface area contributed by atoms with Gasteiger partial charge in [-0.3, -0.25) is 4.18 Å². The normalized spacial score (nSPS) is 43.8. The molecule has 0 aromatic heterocycles. The van der Waals surface area contributed by atoms with Crippen LogP contribution in [-0.4, -0.2) is 23.5 Å². The highest BCUT2D eigenvalue weighted by molar-refractivity contribution is 8.26. The minimum Gasteiger partial charge on any atom is -0.351 e. The van der Waals surface area contributed by atoms with Gasteiger partial charge < -0.3 is 4.89 Å². The summed E-state index contributed by atoms with van der Waals surface area (Å²) in [6, 6.07) is 0. The van der Waals surface area contributed by atoms with E-state index in [-0.39, 0.29) is 0 Å². The zero-order valence-corrected chi connectivity index (χ0v) is 7.11. The Morgan fingerprint density at radius 1 is 1.78 bits per heavy atom. The molecule has 1 saturated heterocycles. The molecular weight excluding hydrogens is 159 g/mol. The third kappa shape index (κ3) is 2.06. The van der Waals surface area contributed by atoms with Crippen molar-refractivity contribution >= 4 is 19.6 Å². The van der Waals surface area contributed by atoms with Crippen LogP contribution < -0.4 is 0 Å². The van der Waals surface area contributed by atoms with Crippen molar-refractivity contribution in [1.82, 2.24) is 0 Å². The van der Waals surface area contributed by atoms with E-state index in [0.717, 1.165) is 18.8 Å². The van der Waals surface area contributed by atoms with E-state index in [1.54, 1.807) is 0 Å². The molecule has 0 amide bonds. The molecule has 56 valence electrons. The van der Waals surface area contributed by atoms with Crippen LogP contribution in [0.15, 0.2) is 0 Å². The summed E-state index contributed by atoms with van der Waals surface area (Å²) in [7, 11) is -1.72. The summed E-state index contributed by atoms with van der Waals surface area (Å²) in [6.45, 7) is 0.788. The number of rotatable bonds is 2. The van der Waals surface area contributed by atoms with Crippen LogP contribution in [-0.2, 0) is 8.15 Å². The van der Waals surface area contributed by atoms with Gasteiger partial charge in [-0.1, -0.05) is 0 Å². The molecular formula is C4H11O3PS. The van der Waals surface area contributed by atoms with Crippen molar-refractivity contribution in [2.75, 3.05) is 18.6 Å². The first-order valence-corrected chi connectivity index (χ1v) is 5.66. The lowest BCUT2D eigenvalue weighted by atomic mass is 10.5. The van der Waals surface area contributed by atoms with Crippen molar-refractivity contribution in [3.63, 3.8) is 0 Å². The highest BCUT2D eigenvalue weighted by atomic mass is 32.3. The molecule has 1 heterocycles. The summed E-state index contributed by atoms with van der Waals surface area (Å²) in [5.74, 6) is 0.973. The van der Waals surface area contributed by atoms with Crippen molar-refractivity contribution in [3.05, 3.63) is 0 Å². The molecule has 5 heteroatoms. The molecule has 0 aliphatic carbocycles. The fourth-order valence-corrected chi connectivity index (χ4v) is 3.15. The van der Waals surface area contributed by atoms with Gasteiger partial charge in [0.05, 0.1) is 6.61 Å². The molecule has 0 bridgehead atoms. The van der Waals surface area contributed by atoms with Crippen LogP contribution in [0, 0.1) is 0 Å². The second-order valence-electron chi connectivity index (χ2n) is 1.98. The third-order valence-electron chi connectivity index (χ3n) is 1.21. The van der Waals surface area contributed by atoms with Gasteiger partial charge in [0.1, 0.15) is 0 Å². The summed E-state index contributed by atoms with van der Waals surface area (Å²) in [5.41, 5.74) is 0. The maximum Gasteiger partial charge on any atom is 0.178 e. The van der Waals surface area contributed by atoms with Crippen LogP contribution >= 0.6 is 19.6 Å². The molecule has 0 saturated carbocycles. The van der Waals surface area contributed by atoms with Gasteiger partial charge in [-0.15, -0.1) is 0 Å². The molecule has 0 spiro atoms. The Labute approximate surface area is 58.4 Å². The lowest BCUT2D eigenvalue weighted by Crippen LogP contribution is -1.96. The quantitative estimate of drug-likeness (QED) is 0.632. The lowest BCUT2D eigenvalue weighted by Gasteiger charge is -2.31. The van der Waals surface area contributed by atoms with Crippen molar-refractivity contribution in [2.24, 2.45) is 0 Å². The highest BCUT2D eigenvalue weighted by Crippen LogP contribution is 2.54. The van der Waals surface area contributed by atoms with Crippen LogP contribution in [0.1, 0.15) is 6.42 Å². The van der Waals surface area contributed by atoms with Gasteiger partial charge in [0, 0.05) is 12.0 Å². The van der Waals surface area contributed by atoms with Crippen LogP contribution in [0.2, 0.25) is 0 Å². The zero-order chi connectivity index (χ0) is 6.74. The van der Waals surface area contributed by atoms with E-state index in [4.69, 9.17) is 13.0 Å². The standard InChI is InChI=1S/C4H11O3PS/c1-9(7-8-5)4-2-3-6-9/h5,8H,2-4H2,1H3. The highest BCUT2D eigenvalue weighted by Gasteiger charge is 2.20. The van der Waals surface area contributed by atoms with Gasteiger partial charge >= 0.3 is 0 Å². The average molecular weight is 170 g/mol. The number of hydrogen-bond donors (Lipinski definition) is 1. The number of hydrogen-bond acceptors (Lipinski definition) is 3. The first-order chi connectivity index (χ1) is 4.27. The molecule has 0 aromatic carbocycles. The van der Waals surface area contributed by atoms with Gasteiger partial charge in [-0.2, -0.15) is 10.6 Å². The first kappa shape index (κ1) is 7.76. The van der Waals surface area contributed by atoms with E-state index in [9.17, 15) is 0 Å². The van der Waals surface area contributed by atoms with E-state index >= 15 is 0 Å².